The number of hydrogen-bond acceptors (Lipinski definition) is 8. The average molecular weight is 608 g/mol. The van der Waals surface area contributed by atoms with Crippen LogP contribution in [-0.2, 0) is 36.3 Å². The van der Waals surface area contributed by atoms with E-state index in [1.165, 1.54) is 46.8 Å². The average Bonchev–Trinajstić information content (AvgIpc) is 3.78. The van der Waals surface area contributed by atoms with Gasteiger partial charge in [0.05, 0.1) is 19.5 Å². The van der Waals surface area contributed by atoms with Crippen molar-refractivity contribution in [3.05, 3.63) is 120 Å². The highest BCUT2D eigenvalue weighted by Crippen LogP contribution is 2.32. The second-order valence-corrected chi connectivity index (χ2v) is 9.90. The molecule has 0 aliphatic carbocycles. The Morgan fingerprint density at radius 2 is 1.59 bits per heavy atom. The van der Waals surface area contributed by atoms with Gasteiger partial charge >= 0.3 is 0 Å². The molecule has 1 aliphatic rings. The normalized spacial score (nSPS) is 12.0. The fourth-order valence-corrected chi connectivity index (χ4v) is 4.57. The molecule has 0 saturated heterocycles. The van der Waals surface area contributed by atoms with Gasteiger partial charge in [-0.15, -0.1) is 0 Å². The van der Waals surface area contributed by atoms with Crippen LogP contribution in [0.2, 0.25) is 0 Å². The molecule has 5 aromatic rings. The molecule has 0 radical (unpaired) electrons. The Balaban J connectivity index is 0.000000175. The number of nitrogens with zero attached hydrogens (tertiary/aromatic N) is 6. The number of amides is 1. The smallest absolute Gasteiger partial charge is 0.231 e. The number of ether oxygens (including phenoxy) is 2. The Labute approximate surface area is 249 Å². The van der Waals surface area contributed by atoms with Gasteiger partial charge in [-0.05, 0) is 41.8 Å². The second-order valence-electron chi connectivity index (χ2n) is 9.90. The Bertz CT molecular complexity index is 1650. The van der Waals surface area contributed by atoms with E-state index in [0.717, 1.165) is 29.2 Å². The van der Waals surface area contributed by atoms with E-state index < -0.39 is 17.2 Å². The molecule has 1 amide bonds. The molecule has 6 rings (SSSR count). The van der Waals surface area contributed by atoms with Crippen LogP contribution in [0.25, 0.3) is 0 Å². The zero-order valence-corrected chi connectivity index (χ0v) is 23.3. The van der Waals surface area contributed by atoms with E-state index in [4.69, 9.17) is 9.47 Å². The molecule has 3 heterocycles. The van der Waals surface area contributed by atoms with E-state index in [2.05, 4.69) is 25.5 Å². The van der Waals surface area contributed by atoms with Crippen molar-refractivity contribution in [1.29, 1.82) is 0 Å². The molecule has 2 N–H and O–H groups in total. The number of aliphatic hydroxyl groups is 1. The van der Waals surface area contributed by atoms with Crippen LogP contribution >= 0.6 is 0 Å². The van der Waals surface area contributed by atoms with E-state index in [0.29, 0.717) is 18.5 Å². The first-order chi connectivity index (χ1) is 21.3. The van der Waals surface area contributed by atoms with Gasteiger partial charge in [-0.25, -0.2) is 32.5 Å². The number of benzene rings is 3. The quantitative estimate of drug-likeness (QED) is 0.248. The summed E-state index contributed by atoms with van der Waals surface area (Å²) in [5, 5.41) is 21.6. The summed E-state index contributed by atoms with van der Waals surface area (Å²) in [4.78, 5) is 19.4. The van der Waals surface area contributed by atoms with Gasteiger partial charge in [0.2, 0.25) is 12.7 Å². The molecular formula is C30H28F3N7O4. The van der Waals surface area contributed by atoms with Crippen molar-refractivity contribution in [1.82, 2.24) is 34.8 Å². The van der Waals surface area contributed by atoms with Crippen molar-refractivity contribution in [3.8, 4) is 11.5 Å². The minimum atomic E-state index is -1.70. The van der Waals surface area contributed by atoms with Crippen LogP contribution in [-0.4, -0.2) is 53.9 Å². The molecule has 0 bridgehead atoms. The second kappa shape index (κ2) is 13.8. The fraction of sp³-hybridized carbons (Fsp3) is 0.233. The molecule has 0 fully saturated rings. The summed E-state index contributed by atoms with van der Waals surface area (Å²) in [7, 11) is 0. The summed E-state index contributed by atoms with van der Waals surface area (Å²) in [6, 6.07) is 15.0. The standard InChI is InChI=1S/C17H16FNO3.C13H12F2N6O/c18-14-4-2-1-3-13(14)10-17(20)19-8-7-12-5-6-15-16(9-12)22-11-21-15;14-10-1-2-11(12(15)3-10)13(22,4-20-8-16-6-18-20)5-21-9-17-7-19-21/h1-6,9H,7-8,10-11H2,(H,19,20);1-3,6-9,22H,4-5H2. The van der Waals surface area contributed by atoms with Crippen LogP contribution in [0.15, 0.2) is 86.0 Å². The molecule has 11 nitrogen and oxygen atoms in total. The number of rotatable bonds is 10. The van der Waals surface area contributed by atoms with Gasteiger partial charge in [0.25, 0.3) is 0 Å². The molecule has 0 spiro atoms. The zero-order chi connectivity index (χ0) is 30.9. The van der Waals surface area contributed by atoms with Gasteiger partial charge in [0, 0.05) is 18.2 Å². The predicted octanol–water partition coefficient (Wildman–Crippen LogP) is 3.19. The van der Waals surface area contributed by atoms with Gasteiger partial charge in [-0.3, -0.25) is 4.79 Å². The first-order valence-electron chi connectivity index (χ1n) is 13.5. The first kappa shape index (κ1) is 30.2. The van der Waals surface area contributed by atoms with Crippen molar-refractivity contribution in [3.63, 3.8) is 0 Å². The van der Waals surface area contributed by atoms with E-state index in [1.54, 1.807) is 18.2 Å². The number of halogens is 3. The van der Waals surface area contributed by atoms with Crippen LogP contribution in [0.1, 0.15) is 16.7 Å². The van der Waals surface area contributed by atoms with E-state index in [9.17, 15) is 23.1 Å². The molecule has 0 unspecified atom stereocenters. The lowest BCUT2D eigenvalue weighted by molar-refractivity contribution is -0.120. The molecule has 44 heavy (non-hydrogen) atoms. The molecular weight excluding hydrogens is 579 g/mol. The third-order valence-corrected chi connectivity index (χ3v) is 6.69. The topological polar surface area (TPSA) is 129 Å². The molecule has 14 heteroatoms. The summed E-state index contributed by atoms with van der Waals surface area (Å²) in [6.07, 6.45) is 6.13. The fourth-order valence-electron chi connectivity index (χ4n) is 4.57. The van der Waals surface area contributed by atoms with Gasteiger partial charge in [-0.2, -0.15) is 10.2 Å². The van der Waals surface area contributed by atoms with E-state index in [-0.39, 0.29) is 43.6 Å². The maximum atomic E-state index is 14.1. The summed E-state index contributed by atoms with van der Waals surface area (Å²) < 4.78 is 54.0. The maximum Gasteiger partial charge on any atom is 0.231 e. The van der Waals surface area contributed by atoms with Crippen LogP contribution in [0.5, 0.6) is 11.5 Å². The van der Waals surface area contributed by atoms with Crippen molar-refractivity contribution in [2.75, 3.05) is 13.3 Å². The zero-order valence-electron chi connectivity index (χ0n) is 23.3. The van der Waals surface area contributed by atoms with E-state index >= 15 is 0 Å². The van der Waals surface area contributed by atoms with Crippen LogP contribution in [0.3, 0.4) is 0 Å². The lowest BCUT2D eigenvalue weighted by Gasteiger charge is -2.28. The number of fused-ring (bicyclic) bond motifs is 1. The molecule has 2 aromatic heterocycles. The number of nitrogens with one attached hydrogen (secondary N) is 1. The van der Waals surface area contributed by atoms with Crippen molar-refractivity contribution in [2.45, 2.75) is 31.5 Å². The molecule has 0 saturated carbocycles. The number of aromatic nitrogens is 6. The Morgan fingerprint density at radius 3 is 2.25 bits per heavy atom. The Morgan fingerprint density at radius 1 is 0.886 bits per heavy atom. The highest BCUT2D eigenvalue weighted by atomic mass is 19.1. The summed E-state index contributed by atoms with van der Waals surface area (Å²) in [5.41, 5.74) is -0.294. The van der Waals surface area contributed by atoms with Crippen molar-refractivity contribution in [2.24, 2.45) is 0 Å². The number of carbonyl (C=O) groups is 1. The van der Waals surface area contributed by atoms with Crippen LogP contribution in [0.4, 0.5) is 13.2 Å². The highest BCUT2D eigenvalue weighted by molar-refractivity contribution is 5.78. The lowest BCUT2D eigenvalue weighted by Crippen LogP contribution is -2.37. The maximum absolute atomic E-state index is 14.1. The van der Waals surface area contributed by atoms with Crippen LogP contribution in [0, 0.1) is 17.5 Å². The van der Waals surface area contributed by atoms with Gasteiger partial charge in [0.1, 0.15) is 48.4 Å². The number of carbonyl (C=O) groups excluding carboxylic acids is 1. The minimum Gasteiger partial charge on any atom is -0.454 e. The first-order valence-corrected chi connectivity index (χ1v) is 13.5. The largest absolute Gasteiger partial charge is 0.454 e. The third kappa shape index (κ3) is 7.77. The molecule has 1 aliphatic heterocycles. The van der Waals surface area contributed by atoms with Gasteiger partial charge < -0.3 is 19.9 Å². The monoisotopic (exact) mass is 607 g/mol. The Hall–Kier alpha value is -5.24. The SMILES string of the molecule is O=C(Cc1ccccc1F)NCCc1ccc2c(c1)OCO2.OC(Cn1cncn1)(Cn1cncn1)c1ccc(F)cc1F. The lowest BCUT2D eigenvalue weighted by atomic mass is 9.93. The van der Waals surface area contributed by atoms with Gasteiger partial charge in [0.15, 0.2) is 11.5 Å². The summed E-state index contributed by atoms with van der Waals surface area (Å²) in [6.45, 7) is 0.593. The Kier molecular flexibility index (Phi) is 9.49. The minimum absolute atomic E-state index is 0.0494. The summed E-state index contributed by atoms with van der Waals surface area (Å²) >= 11 is 0. The highest BCUT2D eigenvalue weighted by Gasteiger charge is 2.34. The predicted molar refractivity (Wildman–Crippen MR) is 150 cm³/mol. The van der Waals surface area contributed by atoms with Crippen molar-refractivity contribution >= 4 is 5.91 Å². The molecule has 0 atom stereocenters. The molecule has 228 valence electrons. The van der Waals surface area contributed by atoms with E-state index in [1.807, 2.05) is 18.2 Å². The van der Waals surface area contributed by atoms with Crippen molar-refractivity contribution < 1.29 is 32.5 Å². The van der Waals surface area contributed by atoms with Gasteiger partial charge in [-0.1, -0.05) is 30.3 Å². The van der Waals surface area contributed by atoms with Crippen LogP contribution < -0.4 is 14.8 Å². The third-order valence-electron chi connectivity index (χ3n) is 6.69. The number of hydrogen-bond donors (Lipinski definition) is 2. The summed E-state index contributed by atoms with van der Waals surface area (Å²) in [5.74, 6) is -0.630. The molecule has 3 aromatic carbocycles.